The summed E-state index contributed by atoms with van der Waals surface area (Å²) in [6, 6.07) is 20.2. The van der Waals surface area contributed by atoms with Crippen molar-refractivity contribution in [1.82, 2.24) is 0 Å². The molecule has 1 aliphatic carbocycles. The van der Waals surface area contributed by atoms with Crippen LogP contribution in [0.1, 0.15) is 24.0 Å². The number of alkyl halides is 1. The predicted octanol–water partition coefficient (Wildman–Crippen LogP) is 4.56. The van der Waals surface area contributed by atoms with Gasteiger partial charge in [-0.25, -0.2) is 4.39 Å². The van der Waals surface area contributed by atoms with Crippen molar-refractivity contribution in [3.05, 3.63) is 71.8 Å². The molecule has 1 saturated carbocycles. The smallest absolute Gasteiger partial charge is 0.137 e. The molecular formula is C19H21FO. The quantitative estimate of drug-likeness (QED) is 0.724. The fourth-order valence-corrected chi connectivity index (χ4v) is 2.79. The molecule has 2 heteroatoms. The summed E-state index contributed by atoms with van der Waals surface area (Å²) in [6.07, 6.45) is 2.51. The van der Waals surface area contributed by atoms with Gasteiger partial charge in [-0.1, -0.05) is 60.7 Å². The Balaban J connectivity index is 1.39. The van der Waals surface area contributed by atoms with E-state index in [9.17, 15) is 4.39 Å². The third kappa shape index (κ3) is 3.92. The van der Waals surface area contributed by atoms with Crippen molar-refractivity contribution in [2.24, 2.45) is 5.92 Å². The van der Waals surface area contributed by atoms with Crippen LogP contribution in [0.2, 0.25) is 0 Å². The molecule has 2 atom stereocenters. The van der Waals surface area contributed by atoms with Gasteiger partial charge < -0.3 is 4.74 Å². The number of hydrogen-bond donors (Lipinski definition) is 0. The molecule has 1 aliphatic rings. The van der Waals surface area contributed by atoms with Gasteiger partial charge in [0.1, 0.15) is 5.67 Å². The molecule has 2 aromatic carbocycles. The van der Waals surface area contributed by atoms with Crippen LogP contribution in [0.5, 0.6) is 0 Å². The van der Waals surface area contributed by atoms with E-state index in [1.807, 2.05) is 48.5 Å². The van der Waals surface area contributed by atoms with Crippen LogP contribution in [-0.4, -0.2) is 12.3 Å². The average Bonchev–Trinajstić information content (AvgIpc) is 3.18. The number of benzene rings is 2. The Morgan fingerprint density at radius 3 is 2.24 bits per heavy atom. The molecule has 1 nitrogen and oxygen atoms in total. The van der Waals surface area contributed by atoms with Crippen LogP contribution in [0.25, 0.3) is 0 Å². The second kappa shape index (κ2) is 6.40. The van der Waals surface area contributed by atoms with Crippen molar-refractivity contribution in [2.75, 3.05) is 6.61 Å². The maximum Gasteiger partial charge on any atom is 0.137 e. The van der Waals surface area contributed by atoms with Crippen LogP contribution in [0.3, 0.4) is 0 Å². The Labute approximate surface area is 125 Å². The van der Waals surface area contributed by atoms with E-state index in [1.54, 1.807) is 0 Å². The molecule has 3 rings (SSSR count). The van der Waals surface area contributed by atoms with E-state index in [2.05, 4.69) is 12.1 Å². The summed E-state index contributed by atoms with van der Waals surface area (Å²) in [5.74, 6) is 0.161. The van der Waals surface area contributed by atoms with Gasteiger partial charge in [0, 0.05) is 0 Å². The zero-order chi connectivity index (χ0) is 14.5. The first-order valence-electron chi connectivity index (χ1n) is 7.61. The van der Waals surface area contributed by atoms with Gasteiger partial charge in [0.25, 0.3) is 0 Å². The molecular weight excluding hydrogens is 263 g/mol. The Morgan fingerprint density at radius 2 is 1.57 bits per heavy atom. The average molecular weight is 284 g/mol. The van der Waals surface area contributed by atoms with Gasteiger partial charge >= 0.3 is 0 Å². The van der Waals surface area contributed by atoms with Gasteiger partial charge in [-0.2, -0.15) is 0 Å². The van der Waals surface area contributed by atoms with Crippen LogP contribution in [-0.2, 0) is 17.8 Å². The molecule has 0 unspecified atom stereocenters. The molecule has 0 aromatic heterocycles. The van der Waals surface area contributed by atoms with Crippen molar-refractivity contribution in [1.29, 1.82) is 0 Å². The third-order valence-corrected chi connectivity index (χ3v) is 4.24. The minimum Gasteiger partial charge on any atom is -0.373 e. The lowest BCUT2D eigenvalue weighted by Gasteiger charge is -2.09. The van der Waals surface area contributed by atoms with Crippen molar-refractivity contribution in [3.63, 3.8) is 0 Å². The molecule has 1 fully saturated rings. The SMILES string of the molecule is F[C@@]1(COCc2ccccc2)C[C@@H]1CCc1ccccc1. The molecule has 0 bridgehead atoms. The normalized spacial score (nSPS) is 24.0. The molecule has 0 spiro atoms. The summed E-state index contributed by atoms with van der Waals surface area (Å²) in [7, 11) is 0. The fourth-order valence-electron chi connectivity index (χ4n) is 2.79. The number of aryl methyl sites for hydroxylation is 1. The molecule has 110 valence electrons. The van der Waals surface area contributed by atoms with E-state index in [0.717, 1.165) is 18.4 Å². The van der Waals surface area contributed by atoms with Crippen molar-refractivity contribution in [3.8, 4) is 0 Å². The Bertz CT molecular complexity index is 554. The van der Waals surface area contributed by atoms with Gasteiger partial charge in [-0.15, -0.1) is 0 Å². The van der Waals surface area contributed by atoms with Gasteiger partial charge in [0.15, 0.2) is 0 Å². The highest BCUT2D eigenvalue weighted by molar-refractivity contribution is 5.16. The van der Waals surface area contributed by atoms with E-state index >= 15 is 0 Å². The number of hydrogen-bond acceptors (Lipinski definition) is 1. The van der Waals surface area contributed by atoms with E-state index in [4.69, 9.17) is 4.74 Å². The minimum atomic E-state index is -1.09. The molecule has 0 aliphatic heterocycles. The topological polar surface area (TPSA) is 9.23 Å². The molecule has 0 radical (unpaired) electrons. The largest absolute Gasteiger partial charge is 0.373 e. The second-order valence-electron chi connectivity index (χ2n) is 5.94. The molecule has 21 heavy (non-hydrogen) atoms. The summed E-state index contributed by atoms with van der Waals surface area (Å²) in [6.45, 7) is 0.721. The zero-order valence-electron chi connectivity index (χ0n) is 12.2. The van der Waals surface area contributed by atoms with Crippen LogP contribution in [0.15, 0.2) is 60.7 Å². The highest BCUT2D eigenvalue weighted by atomic mass is 19.1. The highest BCUT2D eigenvalue weighted by Gasteiger charge is 2.54. The van der Waals surface area contributed by atoms with Crippen molar-refractivity contribution >= 4 is 0 Å². The van der Waals surface area contributed by atoms with E-state index in [-0.39, 0.29) is 12.5 Å². The lowest BCUT2D eigenvalue weighted by atomic mass is 10.1. The lowest BCUT2D eigenvalue weighted by Crippen LogP contribution is -2.14. The van der Waals surface area contributed by atoms with E-state index in [1.165, 1.54) is 5.56 Å². The molecule has 0 N–H and O–H groups in total. The monoisotopic (exact) mass is 284 g/mol. The minimum absolute atomic E-state index is 0.161. The van der Waals surface area contributed by atoms with Gasteiger partial charge in [0.2, 0.25) is 0 Å². The van der Waals surface area contributed by atoms with Crippen LogP contribution in [0.4, 0.5) is 4.39 Å². The van der Waals surface area contributed by atoms with Crippen molar-refractivity contribution < 1.29 is 9.13 Å². The molecule has 0 saturated heterocycles. The van der Waals surface area contributed by atoms with Gasteiger partial charge in [0.05, 0.1) is 13.2 Å². The predicted molar refractivity (Wildman–Crippen MR) is 82.8 cm³/mol. The summed E-state index contributed by atoms with van der Waals surface area (Å²) >= 11 is 0. The number of ether oxygens (including phenoxy) is 1. The summed E-state index contributed by atoms with van der Waals surface area (Å²) < 4.78 is 20.0. The maximum atomic E-state index is 14.4. The first kappa shape index (κ1) is 14.3. The standard InChI is InChI=1S/C19H21FO/c20-19(15-21-14-17-9-5-2-6-10-17)13-18(19)12-11-16-7-3-1-4-8-16/h1-10,18H,11-15H2/t18-,19+/m0/s1. The Hall–Kier alpha value is -1.67. The fraction of sp³-hybridized carbons (Fsp3) is 0.368. The second-order valence-corrected chi connectivity index (χ2v) is 5.94. The zero-order valence-corrected chi connectivity index (χ0v) is 12.2. The Kier molecular flexibility index (Phi) is 4.35. The van der Waals surface area contributed by atoms with Crippen molar-refractivity contribution in [2.45, 2.75) is 31.5 Å². The maximum absolute atomic E-state index is 14.4. The first-order valence-corrected chi connectivity index (χ1v) is 7.61. The van der Waals surface area contributed by atoms with E-state index < -0.39 is 5.67 Å². The van der Waals surface area contributed by atoms with Gasteiger partial charge in [-0.3, -0.25) is 0 Å². The first-order chi connectivity index (χ1) is 10.3. The summed E-state index contributed by atoms with van der Waals surface area (Å²) in [5, 5.41) is 0. The molecule has 0 amide bonds. The van der Waals surface area contributed by atoms with Crippen LogP contribution >= 0.6 is 0 Å². The number of halogens is 1. The highest BCUT2D eigenvalue weighted by Crippen LogP contribution is 2.50. The van der Waals surface area contributed by atoms with Gasteiger partial charge in [-0.05, 0) is 36.3 Å². The van der Waals surface area contributed by atoms with Crippen LogP contribution < -0.4 is 0 Å². The van der Waals surface area contributed by atoms with Crippen LogP contribution in [0, 0.1) is 5.92 Å². The molecule has 2 aromatic rings. The summed E-state index contributed by atoms with van der Waals surface area (Å²) in [5.41, 5.74) is 1.29. The summed E-state index contributed by atoms with van der Waals surface area (Å²) in [4.78, 5) is 0. The molecule has 0 heterocycles. The van der Waals surface area contributed by atoms with E-state index in [0.29, 0.717) is 13.0 Å². The lowest BCUT2D eigenvalue weighted by molar-refractivity contribution is 0.0509. The Morgan fingerprint density at radius 1 is 0.952 bits per heavy atom. The third-order valence-electron chi connectivity index (χ3n) is 4.24. The number of rotatable bonds is 7.